The maximum atomic E-state index is 12.3. The predicted molar refractivity (Wildman–Crippen MR) is 99.0 cm³/mol. The number of carbonyl (C=O) groups excluding carboxylic acids is 2. The molecule has 7 nitrogen and oxygen atoms in total. The molecule has 136 valence electrons. The molecule has 0 saturated heterocycles. The molecular formula is C20H18N4O3. The fraction of sp³-hybridized carbons (Fsp3) is 0.200. The summed E-state index contributed by atoms with van der Waals surface area (Å²) in [6.07, 6.45) is 1.02. The first-order valence-corrected chi connectivity index (χ1v) is 8.69. The van der Waals surface area contributed by atoms with Crippen molar-refractivity contribution in [3.8, 4) is 11.4 Å². The van der Waals surface area contributed by atoms with E-state index in [4.69, 9.17) is 10.3 Å². The lowest BCUT2D eigenvalue weighted by atomic mass is 10.1. The van der Waals surface area contributed by atoms with Gasteiger partial charge in [-0.2, -0.15) is 4.98 Å². The Kier molecular flexibility index (Phi) is 4.19. The van der Waals surface area contributed by atoms with Gasteiger partial charge in [0.15, 0.2) is 0 Å². The number of hydrogen-bond acceptors (Lipinski definition) is 6. The third-order valence-corrected chi connectivity index (χ3v) is 4.74. The van der Waals surface area contributed by atoms with Gasteiger partial charge in [-0.3, -0.25) is 14.5 Å². The van der Waals surface area contributed by atoms with E-state index in [1.165, 1.54) is 4.90 Å². The minimum absolute atomic E-state index is 0.253. The summed E-state index contributed by atoms with van der Waals surface area (Å²) >= 11 is 0. The van der Waals surface area contributed by atoms with Gasteiger partial charge in [0.05, 0.1) is 11.1 Å². The van der Waals surface area contributed by atoms with Gasteiger partial charge in [0.1, 0.15) is 0 Å². The molecule has 1 aromatic heterocycles. The number of fused-ring (bicyclic) bond motifs is 1. The zero-order chi connectivity index (χ0) is 19.0. The van der Waals surface area contributed by atoms with Gasteiger partial charge in [0.25, 0.3) is 11.8 Å². The first-order chi connectivity index (χ1) is 13.1. The molecule has 2 N–H and O–H groups in total. The van der Waals surface area contributed by atoms with Crippen molar-refractivity contribution in [2.45, 2.75) is 19.8 Å². The highest BCUT2D eigenvalue weighted by Gasteiger charge is 2.34. The molecule has 0 radical (unpaired) electrons. The normalized spacial score (nSPS) is 13.3. The SMILES string of the molecule is Cc1c(N)cccc1-c1noc(CCCN2C(=O)c3ccccc3C2=O)n1. The van der Waals surface area contributed by atoms with E-state index < -0.39 is 0 Å². The van der Waals surface area contributed by atoms with Crippen LogP contribution in [0.2, 0.25) is 0 Å². The van der Waals surface area contributed by atoms with E-state index in [0.717, 1.165) is 11.1 Å². The summed E-state index contributed by atoms with van der Waals surface area (Å²) in [4.78, 5) is 30.4. The molecule has 27 heavy (non-hydrogen) atoms. The van der Waals surface area contributed by atoms with Gasteiger partial charge >= 0.3 is 0 Å². The Morgan fingerprint density at radius 2 is 1.67 bits per heavy atom. The molecule has 2 aromatic carbocycles. The van der Waals surface area contributed by atoms with Gasteiger partial charge < -0.3 is 10.3 Å². The van der Waals surface area contributed by atoms with Crippen LogP contribution in [0.25, 0.3) is 11.4 Å². The Hall–Kier alpha value is -3.48. The predicted octanol–water partition coefficient (Wildman–Crippen LogP) is 2.86. The molecule has 1 aliphatic heterocycles. The third-order valence-electron chi connectivity index (χ3n) is 4.74. The number of aromatic nitrogens is 2. The highest BCUT2D eigenvalue weighted by Crippen LogP contribution is 2.25. The number of anilines is 1. The molecule has 4 rings (SSSR count). The topological polar surface area (TPSA) is 102 Å². The molecule has 0 aliphatic carbocycles. The second kappa shape index (κ2) is 6.68. The van der Waals surface area contributed by atoms with Crippen molar-refractivity contribution in [3.05, 3.63) is 65.0 Å². The Balaban J connectivity index is 1.41. The molecule has 2 amide bonds. The second-order valence-corrected chi connectivity index (χ2v) is 6.44. The van der Waals surface area contributed by atoms with E-state index in [1.54, 1.807) is 24.3 Å². The summed E-state index contributed by atoms with van der Waals surface area (Å²) in [7, 11) is 0. The fourth-order valence-electron chi connectivity index (χ4n) is 3.19. The van der Waals surface area contributed by atoms with Gasteiger partial charge in [-0.25, -0.2) is 0 Å². The van der Waals surface area contributed by atoms with Gasteiger partial charge in [-0.1, -0.05) is 29.4 Å². The number of imide groups is 1. The molecule has 0 unspecified atom stereocenters. The van der Waals surface area contributed by atoms with Crippen LogP contribution in [0, 0.1) is 6.92 Å². The molecule has 3 aromatic rings. The van der Waals surface area contributed by atoms with Crippen LogP contribution >= 0.6 is 0 Å². The lowest BCUT2D eigenvalue weighted by Crippen LogP contribution is -2.30. The number of nitrogens with two attached hydrogens (primary N) is 1. The van der Waals surface area contributed by atoms with Crippen molar-refractivity contribution in [2.24, 2.45) is 0 Å². The van der Waals surface area contributed by atoms with Crippen LogP contribution in [0.4, 0.5) is 5.69 Å². The Bertz CT molecular complexity index is 1010. The summed E-state index contributed by atoms with van der Waals surface area (Å²) in [5.41, 5.74) is 9.23. The van der Waals surface area contributed by atoms with Crippen LogP contribution in [0.3, 0.4) is 0 Å². The zero-order valence-corrected chi connectivity index (χ0v) is 14.8. The maximum absolute atomic E-state index is 12.3. The van der Waals surface area contributed by atoms with Gasteiger partial charge in [-0.05, 0) is 37.1 Å². The van der Waals surface area contributed by atoms with E-state index in [2.05, 4.69) is 10.1 Å². The number of nitrogens with zero attached hydrogens (tertiary/aromatic N) is 3. The number of nitrogen functional groups attached to an aromatic ring is 1. The molecule has 0 spiro atoms. The van der Waals surface area contributed by atoms with Crippen LogP contribution in [0.5, 0.6) is 0 Å². The number of carbonyl (C=O) groups is 2. The highest BCUT2D eigenvalue weighted by molar-refractivity contribution is 6.21. The van der Waals surface area contributed by atoms with Gasteiger partial charge in [0.2, 0.25) is 11.7 Å². The summed E-state index contributed by atoms with van der Waals surface area (Å²) in [6, 6.07) is 12.4. The van der Waals surface area contributed by atoms with Crippen LogP contribution in [-0.4, -0.2) is 33.4 Å². The quantitative estimate of drug-likeness (QED) is 0.553. The van der Waals surface area contributed by atoms with Gasteiger partial charge in [-0.15, -0.1) is 0 Å². The van der Waals surface area contributed by atoms with E-state index in [0.29, 0.717) is 47.9 Å². The Morgan fingerprint density at radius 3 is 2.37 bits per heavy atom. The molecule has 7 heteroatoms. The van der Waals surface area contributed by atoms with Crippen LogP contribution < -0.4 is 5.73 Å². The van der Waals surface area contributed by atoms with E-state index >= 15 is 0 Å². The average molecular weight is 362 g/mol. The number of benzene rings is 2. The summed E-state index contributed by atoms with van der Waals surface area (Å²) in [5.74, 6) is 0.438. The molecular weight excluding hydrogens is 344 g/mol. The number of aryl methyl sites for hydroxylation is 1. The van der Waals surface area contributed by atoms with Crippen molar-refractivity contribution >= 4 is 17.5 Å². The molecule has 0 bridgehead atoms. The monoisotopic (exact) mass is 362 g/mol. The van der Waals surface area contributed by atoms with Crippen molar-refractivity contribution < 1.29 is 14.1 Å². The average Bonchev–Trinajstić information content (AvgIpc) is 3.23. The summed E-state index contributed by atoms with van der Waals surface area (Å²) < 4.78 is 5.30. The summed E-state index contributed by atoms with van der Waals surface area (Å²) in [6.45, 7) is 2.21. The second-order valence-electron chi connectivity index (χ2n) is 6.44. The first kappa shape index (κ1) is 17.0. The van der Waals surface area contributed by atoms with E-state index in [1.807, 2.05) is 25.1 Å². The van der Waals surface area contributed by atoms with Crippen LogP contribution in [-0.2, 0) is 6.42 Å². The lowest BCUT2D eigenvalue weighted by molar-refractivity contribution is 0.0651. The zero-order valence-electron chi connectivity index (χ0n) is 14.8. The minimum Gasteiger partial charge on any atom is -0.398 e. The van der Waals surface area contributed by atoms with Crippen LogP contribution in [0.1, 0.15) is 38.6 Å². The van der Waals surface area contributed by atoms with Crippen molar-refractivity contribution in [1.29, 1.82) is 0 Å². The standard InChI is InChI=1S/C20H18N4O3/c1-12-13(8-4-9-16(12)21)18-22-17(27-23-18)10-5-11-24-19(25)14-6-2-3-7-15(14)20(24)26/h2-4,6-9H,5,10-11,21H2,1H3. The van der Waals surface area contributed by atoms with Crippen LogP contribution in [0.15, 0.2) is 47.0 Å². The molecule has 0 fully saturated rings. The summed E-state index contributed by atoms with van der Waals surface area (Å²) in [5, 5.41) is 4.01. The molecule has 0 atom stereocenters. The fourth-order valence-corrected chi connectivity index (χ4v) is 3.19. The Morgan fingerprint density at radius 1 is 1.00 bits per heavy atom. The van der Waals surface area contributed by atoms with Gasteiger partial charge in [0, 0.05) is 24.2 Å². The lowest BCUT2D eigenvalue weighted by Gasteiger charge is -2.12. The third kappa shape index (κ3) is 2.97. The number of amides is 2. The first-order valence-electron chi connectivity index (χ1n) is 8.69. The maximum Gasteiger partial charge on any atom is 0.261 e. The minimum atomic E-state index is -0.253. The smallest absolute Gasteiger partial charge is 0.261 e. The molecule has 1 aliphatic rings. The largest absolute Gasteiger partial charge is 0.398 e. The van der Waals surface area contributed by atoms with E-state index in [-0.39, 0.29) is 11.8 Å². The number of rotatable bonds is 5. The molecule has 2 heterocycles. The van der Waals surface area contributed by atoms with E-state index in [9.17, 15) is 9.59 Å². The Labute approximate surface area is 155 Å². The van der Waals surface area contributed by atoms with Crippen molar-refractivity contribution in [2.75, 3.05) is 12.3 Å². The molecule has 0 saturated carbocycles. The van der Waals surface area contributed by atoms with Crippen molar-refractivity contribution in [3.63, 3.8) is 0 Å². The van der Waals surface area contributed by atoms with Crippen molar-refractivity contribution in [1.82, 2.24) is 15.0 Å². The highest BCUT2D eigenvalue weighted by atomic mass is 16.5. The number of hydrogen-bond donors (Lipinski definition) is 1.